The first-order valence-electron chi connectivity index (χ1n) is 6.24. The maximum Gasteiger partial charge on any atom is 0.137 e. The van der Waals surface area contributed by atoms with Crippen LogP contribution in [0.2, 0.25) is 5.02 Å². The Kier molecular flexibility index (Phi) is 3.59. The Morgan fingerprint density at radius 2 is 2.10 bits per heavy atom. The van der Waals surface area contributed by atoms with Gasteiger partial charge in [0.25, 0.3) is 0 Å². The number of benzene rings is 1. The SMILES string of the molecule is Cc1ccc2nc(CSc3cc(N)ccc3Cl)cn2c1. The predicted octanol–water partition coefficient (Wildman–Crippen LogP) is 4.17. The van der Waals surface area contributed by atoms with E-state index in [1.165, 1.54) is 5.56 Å². The third kappa shape index (κ3) is 2.76. The van der Waals surface area contributed by atoms with Gasteiger partial charge in [0, 0.05) is 28.7 Å². The van der Waals surface area contributed by atoms with Crippen LogP contribution in [0.4, 0.5) is 5.69 Å². The quantitative estimate of drug-likeness (QED) is 0.583. The summed E-state index contributed by atoms with van der Waals surface area (Å²) in [5.74, 6) is 0.768. The Bertz CT molecular complexity index is 767. The first-order valence-corrected chi connectivity index (χ1v) is 7.60. The van der Waals surface area contributed by atoms with Crippen LogP contribution in [0.3, 0.4) is 0 Å². The molecule has 3 nitrogen and oxygen atoms in total. The lowest BCUT2D eigenvalue weighted by Gasteiger charge is -2.03. The number of hydrogen-bond acceptors (Lipinski definition) is 3. The van der Waals surface area contributed by atoms with Gasteiger partial charge in [-0.05, 0) is 36.8 Å². The topological polar surface area (TPSA) is 43.3 Å². The van der Waals surface area contributed by atoms with E-state index in [0.717, 1.165) is 32.7 Å². The molecule has 2 N–H and O–H groups in total. The summed E-state index contributed by atoms with van der Waals surface area (Å²) in [6, 6.07) is 9.62. The molecule has 0 aliphatic heterocycles. The summed E-state index contributed by atoms with van der Waals surface area (Å²) in [6.07, 6.45) is 4.12. The average Bonchev–Trinajstić information content (AvgIpc) is 2.81. The minimum absolute atomic E-state index is 0.725. The molecule has 0 aliphatic carbocycles. The summed E-state index contributed by atoms with van der Waals surface area (Å²) >= 11 is 7.81. The second-order valence-corrected chi connectivity index (χ2v) is 6.11. The molecular weight excluding hydrogens is 290 g/mol. The number of anilines is 1. The number of halogens is 1. The molecule has 0 radical (unpaired) electrons. The normalized spacial score (nSPS) is 11.1. The molecule has 2 heterocycles. The Balaban J connectivity index is 1.81. The summed E-state index contributed by atoms with van der Waals surface area (Å²) in [5.41, 5.74) is 9.71. The maximum absolute atomic E-state index is 6.16. The van der Waals surface area contributed by atoms with Crippen LogP contribution in [0.1, 0.15) is 11.3 Å². The van der Waals surface area contributed by atoms with Crippen molar-refractivity contribution in [1.82, 2.24) is 9.38 Å². The molecule has 0 unspecified atom stereocenters. The molecule has 0 bridgehead atoms. The van der Waals surface area contributed by atoms with Gasteiger partial charge >= 0.3 is 0 Å². The summed E-state index contributed by atoms with van der Waals surface area (Å²) in [5, 5.41) is 0.726. The van der Waals surface area contributed by atoms with E-state index in [1.54, 1.807) is 17.8 Å². The number of nitrogen functional groups attached to an aromatic ring is 1. The lowest BCUT2D eigenvalue weighted by molar-refractivity contribution is 1.15. The molecule has 0 amide bonds. The number of nitrogens with two attached hydrogens (primary N) is 1. The van der Waals surface area contributed by atoms with Crippen molar-refractivity contribution in [3.8, 4) is 0 Å². The highest BCUT2D eigenvalue weighted by Gasteiger charge is 2.06. The van der Waals surface area contributed by atoms with Crippen molar-refractivity contribution in [3.05, 3.63) is 59.0 Å². The number of aryl methyl sites for hydroxylation is 1. The minimum atomic E-state index is 0.725. The smallest absolute Gasteiger partial charge is 0.137 e. The highest BCUT2D eigenvalue weighted by molar-refractivity contribution is 7.98. The van der Waals surface area contributed by atoms with Crippen LogP contribution in [0.5, 0.6) is 0 Å². The van der Waals surface area contributed by atoms with Crippen molar-refractivity contribution in [2.24, 2.45) is 0 Å². The van der Waals surface area contributed by atoms with E-state index >= 15 is 0 Å². The number of rotatable bonds is 3. The van der Waals surface area contributed by atoms with Crippen LogP contribution in [-0.4, -0.2) is 9.38 Å². The van der Waals surface area contributed by atoms with Crippen LogP contribution in [0.25, 0.3) is 5.65 Å². The number of hydrogen-bond donors (Lipinski definition) is 1. The minimum Gasteiger partial charge on any atom is -0.399 e. The van der Waals surface area contributed by atoms with Crippen LogP contribution in [0, 0.1) is 6.92 Å². The Hall–Kier alpha value is -1.65. The molecule has 0 saturated carbocycles. The van der Waals surface area contributed by atoms with Crippen molar-refractivity contribution in [2.45, 2.75) is 17.6 Å². The number of thioether (sulfide) groups is 1. The van der Waals surface area contributed by atoms with Gasteiger partial charge in [0.2, 0.25) is 0 Å². The van der Waals surface area contributed by atoms with Crippen LogP contribution >= 0.6 is 23.4 Å². The van der Waals surface area contributed by atoms with Crippen molar-refractivity contribution in [1.29, 1.82) is 0 Å². The Labute approximate surface area is 126 Å². The summed E-state index contributed by atoms with van der Waals surface area (Å²) in [4.78, 5) is 5.57. The first-order chi connectivity index (χ1) is 9.61. The second kappa shape index (κ2) is 5.38. The lowest BCUT2D eigenvalue weighted by atomic mass is 10.3. The van der Waals surface area contributed by atoms with Crippen molar-refractivity contribution >= 4 is 34.7 Å². The zero-order valence-electron chi connectivity index (χ0n) is 11.0. The molecule has 0 fully saturated rings. The third-order valence-corrected chi connectivity index (χ3v) is 4.51. The van der Waals surface area contributed by atoms with Crippen molar-refractivity contribution < 1.29 is 0 Å². The number of aromatic nitrogens is 2. The molecule has 0 spiro atoms. The molecule has 20 heavy (non-hydrogen) atoms. The molecule has 5 heteroatoms. The number of imidazole rings is 1. The molecule has 0 saturated heterocycles. The fraction of sp³-hybridized carbons (Fsp3) is 0.133. The standard InChI is InChI=1S/C15H14ClN3S/c1-10-2-5-15-18-12(8-19(15)7-10)9-20-14-6-11(17)3-4-13(14)16/h2-8H,9,17H2,1H3. The molecule has 0 aliphatic rings. The van der Waals surface area contributed by atoms with Crippen molar-refractivity contribution in [2.75, 3.05) is 5.73 Å². The highest BCUT2D eigenvalue weighted by atomic mass is 35.5. The Morgan fingerprint density at radius 3 is 2.95 bits per heavy atom. The summed E-state index contributed by atoms with van der Waals surface area (Å²) < 4.78 is 2.05. The molecule has 2 aromatic heterocycles. The molecular formula is C15H14ClN3S. The fourth-order valence-electron chi connectivity index (χ4n) is 2.01. The highest BCUT2D eigenvalue weighted by Crippen LogP contribution is 2.31. The van der Waals surface area contributed by atoms with Crippen molar-refractivity contribution in [3.63, 3.8) is 0 Å². The van der Waals surface area contributed by atoms with Gasteiger partial charge in [-0.2, -0.15) is 0 Å². The van der Waals surface area contributed by atoms with Gasteiger partial charge in [-0.3, -0.25) is 0 Å². The van der Waals surface area contributed by atoms with Gasteiger partial charge in [0.15, 0.2) is 0 Å². The van der Waals surface area contributed by atoms with Crippen LogP contribution < -0.4 is 5.73 Å². The monoisotopic (exact) mass is 303 g/mol. The number of fused-ring (bicyclic) bond motifs is 1. The molecule has 3 rings (SSSR count). The van der Waals surface area contributed by atoms with E-state index in [-0.39, 0.29) is 0 Å². The fourth-order valence-corrected chi connectivity index (χ4v) is 3.16. The Morgan fingerprint density at radius 1 is 1.25 bits per heavy atom. The molecule has 102 valence electrons. The largest absolute Gasteiger partial charge is 0.399 e. The van der Waals surface area contributed by atoms with E-state index in [2.05, 4.69) is 30.4 Å². The molecule has 1 aromatic carbocycles. The second-order valence-electron chi connectivity index (χ2n) is 4.68. The van der Waals surface area contributed by atoms with Crippen LogP contribution in [0.15, 0.2) is 47.6 Å². The van der Waals surface area contributed by atoms with E-state index in [0.29, 0.717) is 0 Å². The number of pyridine rings is 1. The van der Waals surface area contributed by atoms with Gasteiger partial charge in [0.1, 0.15) is 5.65 Å². The summed E-state index contributed by atoms with van der Waals surface area (Å²) in [6.45, 7) is 2.07. The van der Waals surface area contributed by atoms with Gasteiger partial charge in [-0.15, -0.1) is 11.8 Å². The zero-order valence-corrected chi connectivity index (χ0v) is 12.6. The van der Waals surface area contributed by atoms with Gasteiger partial charge in [0.05, 0.1) is 10.7 Å². The zero-order chi connectivity index (χ0) is 14.1. The average molecular weight is 304 g/mol. The van der Waals surface area contributed by atoms with E-state index in [9.17, 15) is 0 Å². The number of nitrogens with zero attached hydrogens (tertiary/aromatic N) is 2. The van der Waals surface area contributed by atoms with Gasteiger partial charge < -0.3 is 10.1 Å². The third-order valence-electron chi connectivity index (χ3n) is 2.98. The lowest BCUT2D eigenvalue weighted by Crippen LogP contribution is -1.86. The van der Waals surface area contributed by atoms with E-state index in [1.807, 2.05) is 22.6 Å². The summed E-state index contributed by atoms with van der Waals surface area (Å²) in [7, 11) is 0. The molecule has 3 aromatic rings. The van der Waals surface area contributed by atoms with Gasteiger partial charge in [-0.25, -0.2) is 4.98 Å². The van der Waals surface area contributed by atoms with Crippen LogP contribution in [-0.2, 0) is 5.75 Å². The maximum atomic E-state index is 6.16. The predicted molar refractivity (Wildman–Crippen MR) is 85.4 cm³/mol. The molecule has 0 atom stereocenters. The van der Waals surface area contributed by atoms with E-state index in [4.69, 9.17) is 17.3 Å². The first kappa shape index (κ1) is 13.3. The van der Waals surface area contributed by atoms with E-state index < -0.39 is 0 Å². The van der Waals surface area contributed by atoms with Gasteiger partial charge in [-0.1, -0.05) is 17.7 Å².